The molecule has 0 spiro atoms. The highest BCUT2D eigenvalue weighted by atomic mass is 16.5. The molecule has 0 saturated heterocycles. The molecule has 1 aromatic carbocycles. The minimum atomic E-state index is -0.868. The minimum Gasteiger partial charge on any atom is -0.497 e. The van der Waals surface area contributed by atoms with Crippen LogP contribution in [0.5, 0.6) is 11.5 Å². The number of hydrogen-bond acceptors (Lipinski definition) is 6. The molecule has 0 aliphatic carbocycles. The second kappa shape index (κ2) is 9.02. The van der Waals surface area contributed by atoms with Gasteiger partial charge in [-0.2, -0.15) is 5.10 Å². The fourth-order valence-corrected chi connectivity index (χ4v) is 1.90. The molecule has 0 unspecified atom stereocenters. The molecule has 0 fully saturated rings. The Morgan fingerprint density at radius 3 is 2.72 bits per heavy atom. The molecule has 0 radical (unpaired) electrons. The van der Waals surface area contributed by atoms with E-state index in [4.69, 9.17) is 9.47 Å². The number of nitrogens with zero attached hydrogens (tertiary/aromatic N) is 2. The first-order valence-electron chi connectivity index (χ1n) is 7.36. The fourth-order valence-electron chi connectivity index (χ4n) is 1.90. The number of carbonyl (C=O) groups excluding carboxylic acids is 2. The molecular weight excluding hydrogens is 324 g/mol. The van der Waals surface area contributed by atoms with Crippen LogP contribution in [0.1, 0.15) is 11.1 Å². The highest BCUT2D eigenvalue weighted by molar-refractivity contribution is 6.35. The van der Waals surface area contributed by atoms with E-state index in [1.807, 2.05) is 0 Å². The van der Waals surface area contributed by atoms with Crippen LogP contribution in [0.3, 0.4) is 0 Å². The van der Waals surface area contributed by atoms with Gasteiger partial charge in [-0.25, -0.2) is 5.43 Å². The van der Waals surface area contributed by atoms with Crippen molar-refractivity contribution in [1.29, 1.82) is 0 Å². The SMILES string of the molecule is COc1ccc(/C=N\NC(=O)C(=O)NCc2cccnc2)c(OC)c1. The van der Waals surface area contributed by atoms with Crippen molar-refractivity contribution in [2.24, 2.45) is 5.10 Å². The normalized spacial score (nSPS) is 10.3. The van der Waals surface area contributed by atoms with Crippen molar-refractivity contribution in [2.45, 2.75) is 6.54 Å². The van der Waals surface area contributed by atoms with Gasteiger partial charge in [-0.3, -0.25) is 14.6 Å². The van der Waals surface area contributed by atoms with Gasteiger partial charge in [0.05, 0.1) is 20.4 Å². The van der Waals surface area contributed by atoms with Crippen molar-refractivity contribution in [3.63, 3.8) is 0 Å². The van der Waals surface area contributed by atoms with E-state index in [1.165, 1.54) is 13.3 Å². The lowest BCUT2D eigenvalue weighted by molar-refractivity contribution is -0.139. The Morgan fingerprint density at radius 2 is 2.04 bits per heavy atom. The van der Waals surface area contributed by atoms with E-state index in [2.05, 4.69) is 20.8 Å². The molecule has 0 saturated carbocycles. The van der Waals surface area contributed by atoms with Gasteiger partial charge in [-0.05, 0) is 23.8 Å². The number of benzene rings is 1. The lowest BCUT2D eigenvalue weighted by Crippen LogP contribution is -2.37. The third kappa shape index (κ3) is 5.31. The van der Waals surface area contributed by atoms with Gasteiger partial charge >= 0.3 is 11.8 Å². The number of pyridine rings is 1. The van der Waals surface area contributed by atoms with Gasteiger partial charge in [0.2, 0.25) is 0 Å². The van der Waals surface area contributed by atoms with Gasteiger partial charge in [-0.15, -0.1) is 0 Å². The summed E-state index contributed by atoms with van der Waals surface area (Å²) in [5.74, 6) is -0.499. The molecule has 1 heterocycles. The molecule has 2 N–H and O–H groups in total. The van der Waals surface area contributed by atoms with E-state index in [0.29, 0.717) is 17.1 Å². The maximum absolute atomic E-state index is 11.7. The highest BCUT2D eigenvalue weighted by Crippen LogP contribution is 2.22. The number of hydrogen-bond donors (Lipinski definition) is 2. The van der Waals surface area contributed by atoms with E-state index >= 15 is 0 Å². The molecule has 8 heteroatoms. The molecule has 2 amide bonds. The van der Waals surface area contributed by atoms with Gasteiger partial charge in [-0.1, -0.05) is 6.07 Å². The van der Waals surface area contributed by atoms with Crippen molar-refractivity contribution >= 4 is 18.0 Å². The maximum Gasteiger partial charge on any atom is 0.329 e. The van der Waals surface area contributed by atoms with Crippen LogP contribution in [0.2, 0.25) is 0 Å². The number of hydrazone groups is 1. The molecule has 25 heavy (non-hydrogen) atoms. The summed E-state index contributed by atoms with van der Waals surface area (Å²) in [5, 5.41) is 6.24. The number of carbonyl (C=O) groups is 2. The first-order valence-corrected chi connectivity index (χ1v) is 7.36. The van der Waals surface area contributed by atoms with Crippen LogP contribution < -0.4 is 20.2 Å². The van der Waals surface area contributed by atoms with Crippen LogP contribution in [0.4, 0.5) is 0 Å². The predicted octanol–water partition coefficient (Wildman–Crippen LogP) is 0.865. The van der Waals surface area contributed by atoms with E-state index in [9.17, 15) is 9.59 Å². The average Bonchev–Trinajstić information content (AvgIpc) is 2.66. The zero-order valence-electron chi connectivity index (χ0n) is 13.9. The quantitative estimate of drug-likeness (QED) is 0.461. The third-order valence-corrected chi connectivity index (χ3v) is 3.19. The molecule has 2 aromatic rings. The predicted molar refractivity (Wildman–Crippen MR) is 91.4 cm³/mol. The number of aromatic nitrogens is 1. The van der Waals surface area contributed by atoms with Gasteiger partial charge < -0.3 is 14.8 Å². The summed E-state index contributed by atoms with van der Waals surface area (Å²) in [4.78, 5) is 27.3. The summed E-state index contributed by atoms with van der Waals surface area (Å²) in [6.45, 7) is 0.204. The van der Waals surface area contributed by atoms with Gasteiger partial charge in [0.15, 0.2) is 0 Å². The first kappa shape index (κ1) is 17.9. The van der Waals surface area contributed by atoms with E-state index in [0.717, 1.165) is 5.56 Å². The second-order valence-electron chi connectivity index (χ2n) is 4.85. The van der Waals surface area contributed by atoms with E-state index in [1.54, 1.807) is 49.8 Å². The fraction of sp³-hybridized carbons (Fsp3) is 0.176. The molecule has 0 atom stereocenters. The molecule has 1 aromatic heterocycles. The molecule has 2 rings (SSSR count). The van der Waals surface area contributed by atoms with Crippen LogP contribution in [-0.4, -0.2) is 37.2 Å². The Hall–Kier alpha value is -3.42. The van der Waals surface area contributed by atoms with Gasteiger partial charge in [0.1, 0.15) is 11.5 Å². The Morgan fingerprint density at radius 1 is 1.20 bits per heavy atom. The summed E-state index contributed by atoms with van der Waals surface area (Å²) in [5.41, 5.74) is 3.57. The van der Waals surface area contributed by atoms with Crippen molar-refractivity contribution in [3.8, 4) is 11.5 Å². The largest absolute Gasteiger partial charge is 0.497 e. The number of rotatable bonds is 6. The van der Waals surface area contributed by atoms with Gasteiger partial charge in [0, 0.05) is 30.6 Å². The minimum absolute atomic E-state index is 0.204. The lowest BCUT2D eigenvalue weighted by atomic mass is 10.2. The average molecular weight is 342 g/mol. The Bertz CT molecular complexity index is 762. The zero-order valence-corrected chi connectivity index (χ0v) is 13.9. The Labute approximate surface area is 144 Å². The molecule has 8 nitrogen and oxygen atoms in total. The topological polar surface area (TPSA) is 102 Å². The summed E-state index contributed by atoms with van der Waals surface area (Å²) >= 11 is 0. The van der Waals surface area contributed by atoms with Crippen molar-refractivity contribution in [1.82, 2.24) is 15.7 Å². The van der Waals surface area contributed by atoms with Gasteiger partial charge in [0.25, 0.3) is 0 Å². The Kier molecular flexibility index (Phi) is 6.47. The van der Waals surface area contributed by atoms with Crippen LogP contribution in [-0.2, 0) is 16.1 Å². The van der Waals surface area contributed by atoms with Crippen LogP contribution in [0.15, 0.2) is 47.8 Å². The monoisotopic (exact) mass is 342 g/mol. The highest BCUT2D eigenvalue weighted by Gasteiger charge is 2.12. The number of methoxy groups -OCH3 is 2. The summed E-state index contributed by atoms with van der Waals surface area (Å²) < 4.78 is 10.3. The number of nitrogens with one attached hydrogen (secondary N) is 2. The smallest absolute Gasteiger partial charge is 0.329 e. The number of ether oxygens (including phenoxy) is 2. The Balaban J connectivity index is 1.88. The standard InChI is InChI=1S/C17H18N4O4/c1-24-14-6-5-13(15(8-14)25-2)11-20-21-17(23)16(22)19-10-12-4-3-7-18-9-12/h3-9,11H,10H2,1-2H3,(H,19,22)(H,21,23)/b20-11-. The molecule has 0 bridgehead atoms. The zero-order chi connectivity index (χ0) is 18.1. The summed E-state index contributed by atoms with van der Waals surface area (Å²) in [6.07, 6.45) is 4.61. The van der Waals surface area contributed by atoms with E-state index in [-0.39, 0.29) is 6.54 Å². The van der Waals surface area contributed by atoms with Crippen molar-refractivity contribution < 1.29 is 19.1 Å². The second-order valence-corrected chi connectivity index (χ2v) is 4.85. The first-order chi connectivity index (χ1) is 12.1. The maximum atomic E-state index is 11.7. The summed E-state index contributed by atoms with van der Waals surface area (Å²) in [7, 11) is 3.06. The van der Waals surface area contributed by atoms with Crippen molar-refractivity contribution in [2.75, 3.05) is 14.2 Å². The third-order valence-electron chi connectivity index (χ3n) is 3.19. The molecule has 130 valence electrons. The van der Waals surface area contributed by atoms with Crippen molar-refractivity contribution in [3.05, 3.63) is 53.9 Å². The molecule has 0 aliphatic rings. The summed E-state index contributed by atoms with van der Waals surface area (Å²) in [6, 6.07) is 8.67. The van der Waals surface area contributed by atoms with E-state index < -0.39 is 11.8 Å². The van der Waals surface area contributed by atoms with Crippen LogP contribution >= 0.6 is 0 Å². The molecular formula is C17H18N4O4. The molecule has 0 aliphatic heterocycles. The number of amides is 2. The lowest BCUT2D eigenvalue weighted by Gasteiger charge is -2.07. The van der Waals surface area contributed by atoms with Crippen LogP contribution in [0, 0.1) is 0 Å². The van der Waals surface area contributed by atoms with Crippen LogP contribution in [0.25, 0.3) is 0 Å².